The lowest BCUT2D eigenvalue weighted by Gasteiger charge is -2.23. The van der Waals surface area contributed by atoms with E-state index in [1.165, 1.54) is 12.8 Å². The topological polar surface area (TPSA) is 29.3 Å². The zero-order valence-electron chi connectivity index (χ0n) is 8.14. The normalized spacial score (nSPS) is 13.9. The smallest absolute Gasteiger partial charge is 0.00637 e. The zero-order valence-corrected chi connectivity index (χ0v) is 8.14. The molecule has 0 saturated carbocycles. The quantitative estimate of drug-likeness (QED) is 0.634. The van der Waals surface area contributed by atoms with Crippen molar-refractivity contribution >= 4 is 0 Å². The first-order valence-electron chi connectivity index (χ1n) is 4.62. The van der Waals surface area contributed by atoms with Crippen LogP contribution in [0.25, 0.3) is 0 Å². The van der Waals surface area contributed by atoms with Crippen LogP contribution >= 0.6 is 0 Å². The lowest BCUT2D eigenvalue weighted by molar-refractivity contribution is 0.243. The summed E-state index contributed by atoms with van der Waals surface area (Å²) in [7, 11) is 2.18. The lowest BCUT2D eigenvalue weighted by atomic mass is 10.2. The van der Waals surface area contributed by atoms with Gasteiger partial charge in [0.05, 0.1) is 0 Å². The van der Waals surface area contributed by atoms with Crippen molar-refractivity contribution in [1.29, 1.82) is 0 Å². The highest BCUT2D eigenvalue weighted by Crippen LogP contribution is 2.03. The van der Waals surface area contributed by atoms with Crippen LogP contribution in [0.15, 0.2) is 0 Å². The van der Waals surface area contributed by atoms with Crippen LogP contribution in [0.1, 0.15) is 33.1 Å². The average Bonchev–Trinajstić information content (AvgIpc) is 2.00. The summed E-state index contributed by atoms with van der Waals surface area (Å²) in [6, 6.07) is 0.714. The van der Waals surface area contributed by atoms with Crippen LogP contribution in [-0.2, 0) is 0 Å². The summed E-state index contributed by atoms with van der Waals surface area (Å²) in [5.74, 6) is 0. The third-order valence-electron chi connectivity index (χ3n) is 2.17. The van der Waals surface area contributed by atoms with Gasteiger partial charge in [-0.1, -0.05) is 13.3 Å². The molecule has 0 spiro atoms. The predicted octanol–water partition coefficient (Wildman–Crippen LogP) is 1.46. The molecular weight excluding hydrogens is 136 g/mol. The van der Waals surface area contributed by atoms with Crippen LogP contribution in [0.5, 0.6) is 0 Å². The standard InChI is InChI=1S/C9H22N2/c1-4-6-9(2)11(3)8-5-7-10/h9H,4-8,10H2,1-3H3. The van der Waals surface area contributed by atoms with Crippen molar-refractivity contribution in [3.8, 4) is 0 Å². The van der Waals surface area contributed by atoms with Gasteiger partial charge in [0, 0.05) is 6.04 Å². The van der Waals surface area contributed by atoms with Crippen molar-refractivity contribution in [2.45, 2.75) is 39.2 Å². The molecule has 0 aliphatic carbocycles. The summed E-state index contributed by atoms with van der Waals surface area (Å²) < 4.78 is 0. The third-order valence-corrected chi connectivity index (χ3v) is 2.17. The van der Waals surface area contributed by atoms with E-state index in [1.54, 1.807) is 0 Å². The summed E-state index contributed by atoms with van der Waals surface area (Å²) in [6.45, 7) is 6.45. The minimum absolute atomic E-state index is 0.714. The molecule has 0 saturated heterocycles. The maximum Gasteiger partial charge on any atom is 0.00637 e. The van der Waals surface area contributed by atoms with Crippen LogP contribution in [0, 0.1) is 0 Å². The summed E-state index contributed by atoms with van der Waals surface area (Å²) in [5.41, 5.74) is 5.42. The van der Waals surface area contributed by atoms with Crippen molar-refractivity contribution in [1.82, 2.24) is 4.90 Å². The molecule has 0 rings (SSSR count). The number of nitrogens with zero attached hydrogens (tertiary/aromatic N) is 1. The molecule has 0 aromatic carbocycles. The van der Waals surface area contributed by atoms with Crippen molar-refractivity contribution in [3.63, 3.8) is 0 Å². The van der Waals surface area contributed by atoms with E-state index < -0.39 is 0 Å². The monoisotopic (exact) mass is 158 g/mol. The van der Waals surface area contributed by atoms with Gasteiger partial charge in [-0.3, -0.25) is 0 Å². The minimum Gasteiger partial charge on any atom is -0.330 e. The minimum atomic E-state index is 0.714. The van der Waals surface area contributed by atoms with Crippen LogP contribution in [0.3, 0.4) is 0 Å². The van der Waals surface area contributed by atoms with Gasteiger partial charge in [-0.2, -0.15) is 0 Å². The molecule has 2 heteroatoms. The van der Waals surface area contributed by atoms with Gasteiger partial charge in [0.2, 0.25) is 0 Å². The molecule has 0 heterocycles. The lowest BCUT2D eigenvalue weighted by Crippen LogP contribution is -2.30. The molecular formula is C9H22N2. The van der Waals surface area contributed by atoms with Crippen molar-refractivity contribution in [3.05, 3.63) is 0 Å². The summed E-state index contributed by atoms with van der Waals surface area (Å²) >= 11 is 0. The molecule has 0 fully saturated rings. The van der Waals surface area contributed by atoms with Crippen LogP contribution in [-0.4, -0.2) is 31.1 Å². The highest BCUT2D eigenvalue weighted by molar-refractivity contribution is 4.62. The Kier molecular flexibility index (Phi) is 6.57. The fourth-order valence-corrected chi connectivity index (χ4v) is 1.20. The predicted molar refractivity (Wildman–Crippen MR) is 50.7 cm³/mol. The molecule has 0 amide bonds. The number of rotatable bonds is 6. The molecule has 0 aromatic rings. The van der Waals surface area contributed by atoms with Gasteiger partial charge in [-0.05, 0) is 39.9 Å². The summed E-state index contributed by atoms with van der Waals surface area (Å²) in [6.07, 6.45) is 3.68. The molecule has 0 aromatic heterocycles. The molecule has 1 atom stereocenters. The van der Waals surface area contributed by atoms with Crippen LogP contribution in [0.4, 0.5) is 0 Å². The Balaban J connectivity index is 3.38. The van der Waals surface area contributed by atoms with Gasteiger partial charge in [-0.15, -0.1) is 0 Å². The van der Waals surface area contributed by atoms with Crippen molar-refractivity contribution in [2.75, 3.05) is 20.1 Å². The Morgan fingerprint density at radius 2 is 2.09 bits per heavy atom. The molecule has 0 radical (unpaired) electrons. The largest absolute Gasteiger partial charge is 0.330 e. The molecule has 1 unspecified atom stereocenters. The number of hydrogen-bond acceptors (Lipinski definition) is 2. The Labute approximate surface area is 70.8 Å². The zero-order chi connectivity index (χ0) is 8.69. The van der Waals surface area contributed by atoms with E-state index in [-0.39, 0.29) is 0 Å². The Morgan fingerprint density at radius 1 is 1.45 bits per heavy atom. The SMILES string of the molecule is CCCC(C)N(C)CCCN. The molecule has 2 N–H and O–H groups in total. The first kappa shape index (κ1) is 10.9. The Bertz CT molecular complexity index is 83.6. The Morgan fingerprint density at radius 3 is 2.55 bits per heavy atom. The van der Waals surface area contributed by atoms with E-state index in [1.807, 2.05) is 0 Å². The second kappa shape index (κ2) is 6.62. The third kappa shape index (κ3) is 5.22. The number of nitrogens with two attached hydrogens (primary N) is 1. The molecule has 0 bridgehead atoms. The van der Waals surface area contributed by atoms with Crippen LogP contribution in [0.2, 0.25) is 0 Å². The average molecular weight is 158 g/mol. The van der Waals surface area contributed by atoms with E-state index in [0.29, 0.717) is 6.04 Å². The summed E-state index contributed by atoms with van der Waals surface area (Å²) in [4.78, 5) is 2.39. The van der Waals surface area contributed by atoms with E-state index in [4.69, 9.17) is 5.73 Å². The molecule has 11 heavy (non-hydrogen) atoms. The van der Waals surface area contributed by atoms with Gasteiger partial charge >= 0.3 is 0 Å². The van der Waals surface area contributed by atoms with E-state index in [0.717, 1.165) is 19.5 Å². The fraction of sp³-hybridized carbons (Fsp3) is 1.00. The first-order chi connectivity index (χ1) is 5.22. The molecule has 2 nitrogen and oxygen atoms in total. The van der Waals surface area contributed by atoms with Gasteiger partial charge < -0.3 is 10.6 Å². The van der Waals surface area contributed by atoms with Gasteiger partial charge in [0.15, 0.2) is 0 Å². The van der Waals surface area contributed by atoms with Crippen molar-refractivity contribution < 1.29 is 0 Å². The van der Waals surface area contributed by atoms with E-state index >= 15 is 0 Å². The second-order valence-corrected chi connectivity index (χ2v) is 3.26. The van der Waals surface area contributed by atoms with Gasteiger partial charge in [-0.25, -0.2) is 0 Å². The first-order valence-corrected chi connectivity index (χ1v) is 4.62. The summed E-state index contributed by atoms with van der Waals surface area (Å²) in [5, 5.41) is 0. The van der Waals surface area contributed by atoms with E-state index in [2.05, 4.69) is 25.8 Å². The fourth-order valence-electron chi connectivity index (χ4n) is 1.20. The molecule has 68 valence electrons. The second-order valence-electron chi connectivity index (χ2n) is 3.26. The highest BCUT2D eigenvalue weighted by Gasteiger charge is 2.05. The molecule has 0 aliphatic heterocycles. The molecule has 0 aliphatic rings. The van der Waals surface area contributed by atoms with E-state index in [9.17, 15) is 0 Å². The maximum atomic E-state index is 5.42. The number of hydrogen-bond donors (Lipinski definition) is 1. The highest BCUT2D eigenvalue weighted by atomic mass is 15.1. The van der Waals surface area contributed by atoms with Crippen LogP contribution < -0.4 is 5.73 Å². The van der Waals surface area contributed by atoms with Gasteiger partial charge in [0.1, 0.15) is 0 Å². The Hall–Kier alpha value is -0.0800. The van der Waals surface area contributed by atoms with Gasteiger partial charge in [0.25, 0.3) is 0 Å². The maximum absolute atomic E-state index is 5.42. The van der Waals surface area contributed by atoms with Crippen molar-refractivity contribution in [2.24, 2.45) is 5.73 Å².